The zero-order valence-electron chi connectivity index (χ0n) is 15.4. The van der Waals surface area contributed by atoms with Crippen molar-refractivity contribution in [2.24, 2.45) is 0 Å². The molecule has 0 fully saturated rings. The molecule has 0 saturated heterocycles. The number of rotatable bonds is 7. The Morgan fingerprint density at radius 3 is 2.50 bits per heavy atom. The van der Waals surface area contributed by atoms with Gasteiger partial charge in [-0.15, -0.1) is 0 Å². The molecule has 0 heterocycles. The molecule has 26 heavy (non-hydrogen) atoms. The van der Waals surface area contributed by atoms with Crippen LogP contribution in [0.1, 0.15) is 35.3 Å². The molecule has 2 rings (SSSR count). The number of carbonyl (C=O) groups excluding carboxylic acids is 1. The summed E-state index contributed by atoms with van der Waals surface area (Å²) < 4.78 is 32.6. The van der Waals surface area contributed by atoms with Gasteiger partial charge in [-0.3, -0.25) is 4.79 Å². The fourth-order valence-electron chi connectivity index (χ4n) is 2.51. The number of carbonyl (C=O) groups is 1. The summed E-state index contributed by atoms with van der Waals surface area (Å²) in [5.74, 6) is -0.163. The standard InChI is InChI=1S/C19H24N2O4S/c1-13(2)21-26(23,24)18-11-16(8-9-17(18)25-4)19(22)20-12-15-7-5-6-14(3)10-15/h5-11,13,21H,12H2,1-4H3,(H,20,22). The molecule has 0 atom stereocenters. The number of benzene rings is 2. The van der Waals surface area contributed by atoms with E-state index in [0.717, 1.165) is 11.1 Å². The van der Waals surface area contributed by atoms with E-state index in [1.165, 1.54) is 19.2 Å². The lowest BCUT2D eigenvalue weighted by atomic mass is 10.1. The highest BCUT2D eigenvalue weighted by atomic mass is 32.2. The van der Waals surface area contributed by atoms with Crippen LogP contribution in [0.15, 0.2) is 47.4 Å². The number of ether oxygens (including phenoxy) is 1. The van der Waals surface area contributed by atoms with Crippen molar-refractivity contribution in [1.82, 2.24) is 10.0 Å². The SMILES string of the molecule is COc1ccc(C(=O)NCc2cccc(C)c2)cc1S(=O)(=O)NC(C)C. The summed E-state index contributed by atoms with van der Waals surface area (Å²) >= 11 is 0. The average molecular weight is 376 g/mol. The molecule has 6 nitrogen and oxygen atoms in total. The maximum Gasteiger partial charge on any atom is 0.251 e. The van der Waals surface area contributed by atoms with Crippen LogP contribution in [0.4, 0.5) is 0 Å². The van der Waals surface area contributed by atoms with Crippen molar-refractivity contribution in [2.45, 2.75) is 38.3 Å². The van der Waals surface area contributed by atoms with Crippen LogP contribution in [0, 0.1) is 6.92 Å². The van der Waals surface area contributed by atoms with Crippen LogP contribution < -0.4 is 14.8 Å². The molecule has 0 radical (unpaired) electrons. The topological polar surface area (TPSA) is 84.5 Å². The molecule has 2 aromatic rings. The van der Waals surface area contributed by atoms with Crippen molar-refractivity contribution in [1.29, 1.82) is 0 Å². The molecule has 140 valence electrons. The summed E-state index contributed by atoms with van der Waals surface area (Å²) in [5, 5.41) is 2.80. The van der Waals surface area contributed by atoms with Gasteiger partial charge in [-0.05, 0) is 44.5 Å². The van der Waals surface area contributed by atoms with E-state index < -0.39 is 10.0 Å². The Hall–Kier alpha value is -2.38. The van der Waals surface area contributed by atoms with Crippen LogP contribution in [0.3, 0.4) is 0 Å². The Labute approximate surface area is 154 Å². The molecule has 0 unspecified atom stereocenters. The van der Waals surface area contributed by atoms with Crippen LogP contribution in [0.5, 0.6) is 5.75 Å². The maximum absolute atomic E-state index is 12.5. The highest BCUT2D eigenvalue weighted by molar-refractivity contribution is 7.89. The fraction of sp³-hybridized carbons (Fsp3) is 0.316. The molecule has 2 aromatic carbocycles. The zero-order chi connectivity index (χ0) is 19.3. The number of hydrogen-bond acceptors (Lipinski definition) is 4. The van der Waals surface area contributed by atoms with E-state index in [9.17, 15) is 13.2 Å². The first-order valence-corrected chi connectivity index (χ1v) is 9.75. The van der Waals surface area contributed by atoms with E-state index in [1.807, 2.05) is 31.2 Å². The summed E-state index contributed by atoms with van der Waals surface area (Å²) in [7, 11) is -2.40. The van der Waals surface area contributed by atoms with Gasteiger partial charge in [-0.25, -0.2) is 13.1 Å². The third-order valence-corrected chi connectivity index (χ3v) is 5.32. The maximum atomic E-state index is 12.5. The van der Waals surface area contributed by atoms with E-state index in [0.29, 0.717) is 6.54 Å². The van der Waals surface area contributed by atoms with E-state index >= 15 is 0 Å². The quantitative estimate of drug-likeness (QED) is 0.778. The monoisotopic (exact) mass is 376 g/mol. The number of aryl methyl sites for hydroxylation is 1. The Kier molecular flexibility index (Phi) is 6.39. The lowest BCUT2D eigenvalue weighted by Gasteiger charge is -2.14. The molecular weight excluding hydrogens is 352 g/mol. The predicted octanol–water partition coefficient (Wildman–Crippen LogP) is 2.62. The van der Waals surface area contributed by atoms with E-state index in [-0.39, 0.29) is 28.2 Å². The average Bonchev–Trinajstić information content (AvgIpc) is 2.58. The van der Waals surface area contributed by atoms with Crippen molar-refractivity contribution in [2.75, 3.05) is 7.11 Å². The molecule has 0 aromatic heterocycles. The number of nitrogens with one attached hydrogen (secondary N) is 2. The first-order valence-electron chi connectivity index (χ1n) is 8.27. The second kappa shape index (κ2) is 8.33. The first-order chi connectivity index (χ1) is 12.2. The van der Waals surface area contributed by atoms with Gasteiger partial charge >= 0.3 is 0 Å². The van der Waals surface area contributed by atoms with Gasteiger partial charge in [-0.2, -0.15) is 0 Å². The highest BCUT2D eigenvalue weighted by Crippen LogP contribution is 2.25. The van der Waals surface area contributed by atoms with Gasteiger partial charge in [0, 0.05) is 18.2 Å². The van der Waals surface area contributed by atoms with Gasteiger partial charge in [0.25, 0.3) is 5.91 Å². The summed E-state index contributed by atoms with van der Waals surface area (Å²) in [6.45, 7) is 5.79. The van der Waals surface area contributed by atoms with E-state index in [1.54, 1.807) is 19.9 Å². The van der Waals surface area contributed by atoms with Gasteiger partial charge in [0.05, 0.1) is 7.11 Å². The predicted molar refractivity (Wildman–Crippen MR) is 101 cm³/mol. The normalized spacial score (nSPS) is 11.4. The van der Waals surface area contributed by atoms with Crippen LogP contribution in [0.2, 0.25) is 0 Å². The highest BCUT2D eigenvalue weighted by Gasteiger charge is 2.22. The summed E-state index contributed by atoms with van der Waals surface area (Å²) in [6.07, 6.45) is 0. The molecule has 0 spiro atoms. The molecule has 0 aliphatic carbocycles. The Morgan fingerprint density at radius 1 is 1.15 bits per heavy atom. The van der Waals surface area contributed by atoms with Crippen LogP contribution in [-0.2, 0) is 16.6 Å². The Bertz CT molecular complexity index is 892. The van der Waals surface area contributed by atoms with Crippen molar-refractivity contribution >= 4 is 15.9 Å². The van der Waals surface area contributed by atoms with Gasteiger partial charge in [0.1, 0.15) is 10.6 Å². The molecule has 0 bridgehead atoms. The molecule has 1 amide bonds. The summed E-state index contributed by atoms with van der Waals surface area (Å²) in [6, 6.07) is 11.9. The van der Waals surface area contributed by atoms with Crippen molar-refractivity contribution < 1.29 is 17.9 Å². The third-order valence-electron chi connectivity index (χ3n) is 3.64. The minimum atomic E-state index is -3.79. The van der Waals surface area contributed by atoms with Crippen molar-refractivity contribution in [3.8, 4) is 5.75 Å². The lowest BCUT2D eigenvalue weighted by molar-refractivity contribution is 0.0950. The second-order valence-corrected chi connectivity index (χ2v) is 8.00. The number of methoxy groups -OCH3 is 1. The molecule has 7 heteroatoms. The lowest BCUT2D eigenvalue weighted by Crippen LogP contribution is -2.31. The number of hydrogen-bond donors (Lipinski definition) is 2. The minimum absolute atomic E-state index is 0.0584. The summed E-state index contributed by atoms with van der Waals surface area (Å²) in [5.41, 5.74) is 2.33. The van der Waals surface area contributed by atoms with Crippen LogP contribution >= 0.6 is 0 Å². The fourth-order valence-corrected chi connectivity index (χ4v) is 3.95. The summed E-state index contributed by atoms with van der Waals surface area (Å²) in [4.78, 5) is 12.4. The van der Waals surface area contributed by atoms with Gasteiger partial charge in [0.15, 0.2) is 0 Å². The van der Waals surface area contributed by atoms with Gasteiger partial charge in [-0.1, -0.05) is 29.8 Å². The zero-order valence-corrected chi connectivity index (χ0v) is 16.2. The van der Waals surface area contributed by atoms with E-state index in [4.69, 9.17) is 4.74 Å². The molecule has 2 N–H and O–H groups in total. The second-order valence-electron chi connectivity index (χ2n) is 6.31. The third kappa shape index (κ3) is 5.06. The van der Waals surface area contributed by atoms with Crippen LogP contribution in [0.25, 0.3) is 0 Å². The van der Waals surface area contributed by atoms with Gasteiger partial charge in [0.2, 0.25) is 10.0 Å². The van der Waals surface area contributed by atoms with Crippen molar-refractivity contribution in [3.05, 3.63) is 59.2 Å². The Morgan fingerprint density at radius 2 is 1.88 bits per heavy atom. The van der Waals surface area contributed by atoms with Gasteiger partial charge < -0.3 is 10.1 Å². The molecule has 0 aliphatic rings. The number of sulfonamides is 1. The Balaban J connectivity index is 2.24. The largest absolute Gasteiger partial charge is 0.495 e. The number of amides is 1. The molecular formula is C19H24N2O4S. The molecule has 0 saturated carbocycles. The smallest absolute Gasteiger partial charge is 0.251 e. The first kappa shape index (κ1) is 19.9. The van der Waals surface area contributed by atoms with E-state index in [2.05, 4.69) is 10.0 Å². The molecule has 0 aliphatic heterocycles. The minimum Gasteiger partial charge on any atom is -0.495 e. The van der Waals surface area contributed by atoms with Crippen molar-refractivity contribution in [3.63, 3.8) is 0 Å². The van der Waals surface area contributed by atoms with Crippen LogP contribution in [-0.4, -0.2) is 27.5 Å².